The van der Waals surface area contributed by atoms with Gasteiger partial charge in [0.2, 0.25) is 5.82 Å². The van der Waals surface area contributed by atoms with Crippen LogP contribution in [-0.4, -0.2) is 25.4 Å². The van der Waals surface area contributed by atoms with Crippen LogP contribution in [0.4, 0.5) is 4.39 Å². The topological polar surface area (TPSA) is 77.1 Å². The molecule has 1 aliphatic rings. The normalized spacial score (nSPS) is 14.6. The van der Waals surface area contributed by atoms with Gasteiger partial charge in [-0.15, -0.1) is 5.10 Å². The van der Waals surface area contributed by atoms with Gasteiger partial charge >= 0.3 is 11.7 Å². The molecule has 0 saturated heterocycles. The number of hydrogen-bond acceptors (Lipinski definition) is 3. The molecule has 0 bridgehead atoms. The number of benzene rings is 1. The van der Waals surface area contributed by atoms with Gasteiger partial charge in [-0.3, -0.25) is 4.57 Å². The van der Waals surface area contributed by atoms with E-state index in [2.05, 4.69) is 5.10 Å². The number of hydrogen-bond donors (Lipinski definition) is 1. The molecule has 1 fully saturated rings. The third kappa shape index (κ3) is 1.92. The summed E-state index contributed by atoms with van der Waals surface area (Å²) >= 11 is 0. The van der Waals surface area contributed by atoms with Crippen LogP contribution in [0.5, 0.6) is 0 Å². The van der Waals surface area contributed by atoms with Crippen LogP contribution in [-0.2, 0) is 0 Å². The zero-order valence-electron chi connectivity index (χ0n) is 9.78. The number of halogens is 1. The Labute approximate surface area is 106 Å². The standard InChI is InChI=1S/C12H10FN3O3/c13-7-1-3-9(4-2-7)16-12(19)15(8-5-6-8)10(14-16)11(17)18/h1-4,8H,5-6H2,(H,17,18). The zero-order chi connectivity index (χ0) is 13.6. The van der Waals surface area contributed by atoms with Crippen molar-refractivity contribution in [2.75, 3.05) is 0 Å². The smallest absolute Gasteiger partial charge is 0.374 e. The molecule has 6 nitrogen and oxygen atoms in total. The van der Waals surface area contributed by atoms with Crippen LogP contribution < -0.4 is 5.69 Å². The molecular formula is C12H10FN3O3. The van der Waals surface area contributed by atoms with Crippen LogP contribution in [0.3, 0.4) is 0 Å². The summed E-state index contributed by atoms with van der Waals surface area (Å²) in [6, 6.07) is 5.06. The Balaban J connectivity index is 2.17. The molecule has 1 aliphatic carbocycles. The van der Waals surface area contributed by atoms with Gasteiger partial charge in [-0.1, -0.05) is 0 Å². The van der Waals surface area contributed by atoms with Crippen molar-refractivity contribution in [1.82, 2.24) is 14.3 Å². The molecule has 1 aromatic heterocycles. The molecule has 0 spiro atoms. The van der Waals surface area contributed by atoms with Gasteiger partial charge in [0.15, 0.2) is 0 Å². The molecule has 0 atom stereocenters. The van der Waals surface area contributed by atoms with Gasteiger partial charge in [-0.2, -0.15) is 4.68 Å². The Morgan fingerprint density at radius 2 is 1.95 bits per heavy atom. The van der Waals surface area contributed by atoms with Crippen LogP contribution >= 0.6 is 0 Å². The first-order valence-corrected chi connectivity index (χ1v) is 5.78. The second-order valence-electron chi connectivity index (χ2n) is 4.40. The number of nitrogens with zero attached hydrogens (tertiary/aromatic N) is 3. The Kier molecular flexibility index (Phi) is 2.48. The van der Waals surface area contributed by atoms with E-state index in [0.717, 1.165) is 17.5 Å². The second-order valence-corrected chi connectivity index (χ2v) is 4.40. The summed E-state index contributed by atoms with van der Waals surface area (Å²) in [4.78, 5) is 23.3. The molecule has 7 heteroatoms. The number of carboxylic acids is 1. The molecule has 0 radical (unpaired) electrons. The summed E-state index contributed by atoms with van der Waals surface area (Å²) in [6.45, 7) is 0. The van der Waals surface area contributed by atoms with Gasteiger partial charge < -0.3 is 5.11 Å². The fourth-order valence-corrected chi connectivity index (χ4v) is 1.94. The highest BCUT2D eigenvalue weighted by Crippen LogP contribution is 2.34. The minimum absolute atomic E-state index is 0.0900. The van der Waals surface area contributed by atoms with Crippen molar-refractivity contribution >= 4 is 5.97 Å². The molecule has 1 aromatic carbocycles. The lowest BCUT2D eigenvalue weighted by atomic mass is 10.3. The number of carboxylic acid groups (broad SMARTS) is 1. The lowest BCUT2D eigenvalue weighted by Crippen LogP contribution is -2.24. The summed E-state index contributed by atoms with van der Waals surface area (Å²) < 4.78 is 15.0. The van der Waals surface area contributed by atoms with Crippen molar-refractivity contribution in [2.24, 2.45) is 0 Å². The van der Waals surface area contributed by atoms with E-state index in [4.69, 9.17) is 5.11 Å². The lowest BCUT2D eigenvalue weighted by Gasteiger charge is -1.98. The Morgan fingerprint density at radius 3 is 2.47 bits per heavy atom. The quantitative estimate of drug-likeness (QED) is 0.902. The Hall–Kier alpha value is -2.44. The van der Waals surface area contributed by atoms with E-state index in [1.165, 1.54) is 28.8 Å². The van der Waals surface area contributed by atoms with E-state index in [0.29, 0.717) is 5.69 Å². The third-order valence-electron chi connectivity index (χ3n) is 2.98. The van der Waals surface area contributed by atoms with E-state index in [1.54, 1.807) is 0 Å². The molecule has 1 heterocycles. The summed E-state index contributed by atoms with van der Waals surface area (Å²) in [5.74, 6) is -1.96. The summed E-state index contributed by atoms with van der Waals surface area (Å²) in [7, 11) is 0. The SMILES string of the molecule is O=C(O)c1nn(-c2ccc(F)cc2)c(=O)n1C1CC1. The summed E-state index contributed by atoms with van der Waals surface area (Å²) in [5, 5.41) is 12.9. The highest BCUT2D eigenvalue weighted by molar-refractivity contribution is 5.83. The fraction of sp³-hybridized carbons (Fsp3) is 0.250. The van der Waals surface area contributed by atoms with E-state index in [9.17, 15) is 14.0 Å². The molecule has 98 valence electrons. The number of carbonyl (C=O) groups is 1. The van der Waals surface area contributed by atoms with Crippen LogP contribution in [0.1, 0.15) is 29.5 Å². The average molecular weight is 263 g/mol. The molecule has 1 N–H and O–H groups in total. The predicted octanol–water partition coefficient (Wildman–Crippen LogP) is 1.21. The summed E-state index contributed by atoms with van der Waals surface area (Å²) in [5.41, 5.74) is -0.167. The Morgan fingerprint density at radius 1 is 1.32 bits per heavy atom. The second kappa shape index (κ2) is 4.04. The van der Waals surface area contributed by atoms with Gasteiger partial charge in [-0.25, -0.2) is 14.0 Å². The minimum atomic E-state index is -1.25. The molecule has 19 heavy (non-hydrogen) atoms. The minimum Gasteiger partial charge on any atom is -0.475 e. The van der Waals surface area contributed by atoms with E-state index >= 15 is 0 Å². The van der Waals surface area contributed by atoms with Crippen LogP contribution in [0.25, 0.3) is 5.69 Å². The summed E-state index contributed by atoms with van der Waals surface area (Å²) in [6.07, 6.45) is 1.55. The van der Waals surface area contributed by atoms with Crippen LogP contribution in [0.15, 0.2) is 29.1 Å². The van der Waals surface area contributed by atoms with E-state index in [1.807, 2.05) is 0 Å². The molecule has 0 unspecified atom stereocenters. The lowest BCUT2D eigenvalue weighted by molar-refractivity contribution is 0.0676. The molecule has 3 rings (SSSR count). The first-order valence-electron chi connectivity index (χ1n) is 5.78. The molecule has 2 aromatic rings. The van der Waals surface area contributed by atoms with Crippen molar-refractivity contribution < 1.29 is 14.3 Å². The molecular weight excluding hydrogens is 253 g/mol. The number of rotatable bonds is 3. The van der Waals surface area contributed by atoms with Gasteiger partial charge in [0.1, 0.15) is 5.82 Å². The maximum Gasteiger partial charge on any atom is 0.374 e. The van der Waals surface area contributed by atoms with E-state index < -0.39 is 17.5 Å². The van der Waals surface area contributed by atoms with Gasteiger partial charge in [0.25, 0.3) is 0 Å². The largest absolute Gasteiger partial charge is 0.475 e. The maximum absolute atomic E-state index is 12.8. The molecule has 0 aliphatic heterocycles. The Bertz CT molecular complexity index is 698. The van der Waals surface area contributed by atoms with Gasteiger partial charge in [0, 0.05) is 6.04 Å². The van der Waals surface area contributed by atoms with Crippen molar-refractivity contribution in [3.63, 3.8) is 0 Å². The number of aromatic nitrogens is 3. The first kappa shape index (κ1) is 11.6. The van der Waals surface area contributed by atoms with Crippen molar-refractivity contribution in [3.05, 3.63) is 46.4 Å². The maximum atomic E-state index is 12.8. The van der Waals surface area contributed by atoms with Gasteiger partial charge in [-0.05, 0) is 37.1 Å². The molecule has 1 saturated carbocycles. The monoisotopic (exact) mass is 263 g/mol. The highest BCUT2D eigenvalue weighted by Gasteiger charge is 2.32. The van der Waals surface area contributed by atoms with Crippen LogP contribution in [0, 0.1) is 5.82 Å². The number of aromatic carboxylic acids is 1. The van der Waals surface area contributed by atoms with E-state index in [-0.39, 0.29) is 11.9 Å². The average Bonchev–Trinajstić information content (AvgIpc) is 3.14. The zero-order valence-corrected chi connectivity index (χ0v) is 9.78. The van der Waals surface area contributed by atoms with Crippen LogP contribution in [0.2, 0.25) is 0 Å². The van der Waals surface area contributed by atoms with Crippen molar-refractivity contribution in [1.29, 1.82) is 0 Å². The molecule has 0 amide bonds. The van der Waals surface area contributed by atoms with Crippen molar-refractivity contribution in [2.45, 2.75) is 18.9 Å². The highest BCUT2D eigenvalue weighted by atomic mass is 19.1. The van der Waals surface area contributed by atoms with Crippen molar-refractivity contribution in [3.8, 4) is 5.69 Å². The predicted molar refractivity (Wildman–Crippen MR) is 63.0 cm³/mol. The fourth-order valence-electron chi connectivity index (χ4n) is 1.94. The third-order valence-corrected chi connectivity index (χ3v) is 2.98. The first-order chi connectivity index (χ1) is 9.08. The van der Waals surface area contributed by atoms with Gasteiger partial charge in [0.05, 0.1) is 5.69 Å².